The van der Waals surface area contributed by atoms with Gasteiger partial charge in [-0.2, -0.15) is 4.31 Å². The molecule has 5 nitrogen and oxygen atoms in total. The van der Waals surface area contributed by atoms with Crippen LogP contribution in [0.25, 0.3) is 0 Å². The average Bonchev–Trinajstić information content (AvgIpc) is 2.91. The van der Waals surface area contributed by atoms with Crippen LogP contribution in [-0.2, 0) is 10.0 Å². The summed E-state index contributed by atoms with van der Waals surface area (Å²) in [6.45, 7) is 4.55. The lowest BCUT2D eigenvalue weighted by Crippen LogP contribution is -2.40. The Morgan fingerprint density at radius 1 is 1.24 bits per heavy atom. The summed E-state index contributed by atoms with van der Waals surface area (Å²) in [6.07, 6.45) is 1.65. The Hall–Kier alpha value is -0.950. The number of nitrogens with zero attached hydrogens (tertiary/aromatic N) is 2. The van der Waals surface area contributed by atoms with Crippen molar-refractivity contribution >= 4 is 10.0 Å². The molecule has 1 fully saturated rings. The van der Waals surface area contributed by atoms with E-state index in [0.29, 0.717) is 6.54 Å². The van der Waals surface area contributed by atoms with Crippen LogP contribution in [-0.4, -0.2) is 62.1 Å². The Labute approximate surface area is 127 Å². The Balaban J connectivity index is 1.97. The minimum absolute atomic E-state index is 0.118. The zero-order valence-corrected chi connectivity index (χ0v) is 13.5. The van der Waals surface area contributed by atoms with E-state index in [2.05, 4.69) is 4.90 Å². The molecule has 0 unspecified atom stereocenters. The molecule has 0 aliphatic carbocycles. The van der Waals surface area contributed by atoms with Crippen molar-refractivity contribution in [2.75, 3.05) is 33.2 Å². The van der Waals surface area contributed by atoms with Crippen LogP contribution >= 0.6 is 0 Å². The number of aliphatic hydroxyl groups is 1. The van der Waals surface area contributed by atoms with Gasteiger partial charge in [0.1, 0.15) is 0 Å². The van der Waals surface area contributed by atoms with Gasteiger partial charge in [-0.1, -0.05) is 17.7 Å². The van der Waals surface area contributed by atoms with Crippen molar-refractivity contribution in [1.82, 2.24) is 9.21 Å². The minimum Gasteiger partial charge on any atom is -0.390 e. The van der Waals surface area contributed by atoms with Crippen molar-refractivity contribution < 1.29 is 13.5 Å². The van der Waals surface area contributed by atoms with Gasteiger partial charge in [-0.05, 0) is 45.0 Å². The normalized spacial score (nSPS) is 18.3. The van der Waals surface area contributed by atoms with E-state index in [0.717, 1.165) is 31.5 Å². The maximum Gasteiger partial charge on any atom is 0.242 e. The first kappa shape index (κ1) is 16.4. The van der Waals surface area contributed by atoms with Gasteiger partial charge in [0.25, 0.3) is 0 Å². The lowest BCUT2D eigenvalue weighted by Gasteiger charge is -2.24. The number of aryl methyl sites for hydroxylation is 1. The summed E-state index contributed by atoms with van der Waals surface area (Å²) in [4.78, 5) is 2.45. The van der Waals surface area contributed by atoms with Crippen LogP contribution < -0.4 is 0 Å². The highest BCUT2D eigenvalue weighted by Gasteiger charge is 2.24. The number of likely N-dealkylation sites (N-methyl/N-ethyl adjacent to an activating group) is 1. The summed E-state index contributed by atoms with van der Waals surface area (Å²) in [5.74, 6) is 0. The summed E-state index contributed by atoms with van der Waals surface area (Å²) in [6, 6.07) is 6.77. The highest BCUT2D eigenvalue weighted by atomic mass is 32.2. The predicted octanol–water partition coefficient (Wildman–Crippen LogP) is 1.07. The summed E-state index contributed by atoms with van der Waals surface area (Å²) < 4.78 is 26.1. The molecular formula is C15H24N2O3S. The van der Waals surface area contributed by atoms with Gasteiger partial charge in [0.2, 0.25) is 10.0 Å². The number of hydrogen-bond acceptors (Lipinski definition) is 4. The highest BCUT2D eigenvalue weighted by molar-refractivity contribution is 7.89. The molecule has 1 atom stereocenters. The van der Waals surface area contributed by atoms with Gasteiger partial charge in [-0.15, -0.1) is 0 Å². The van der Waals surface area contributed by atoms with E-state index in [-0.39, 0.29) is 11.4 Å². The second-order valence-electron chi connectivity index (χ2n) is 5.76. The molecule has 1 N–H and O–H groups in total. The average molecular weight is 312 g/mol. The molecule has 0 saturated carbocycles. The number of hydrogen-bond donors (Lipinski definition) is 1. The van der Waals surface area contributed by atoms with Crippen LogP contribution in [0.15, 0.2) is 29.2 Å². The standard InChI is InChI=1S/C15H24N2O3S/c1-13-5-7-15(8-6-13)21(19,20)16(2)11-14(18)12-17-9-3-4-10-17/h5-8,14,18H,3-4,9-12H2,1-2H3/t14-/m1/s1. The molecule has 118 valence electrons. The number of benzene rings is 1. The lowest BCUT2D eigenvalue weighted by molar-refractivity contribution is 0.110. The van der Waals surface area contributed by atoms with Gasteiger partial charge in [0.15, 0.2) is 0 Å². The van der Waals surface area contributed by atoms with Crippen LogP contribution in [0.3, 0.4) is 0 Å². The van der Waals surface area contributed by atoms with Crippen LogP contribution in [0.5, 0.6) is 0 Å². The molecule has 0 radical (unpaired) electrons. The first-order valence-electron chi connectivity index (χ1n) is 7.33. The van der Waals surface area contributed by atoms with Gasteiger partial charge < -0.3 is 10.0 Å². The van der Waals surface area contributed by atoms with Crippen molar-refractivity contribution in [2.24, 2.45) is 0 Å². The van der Waals surface area contributed by atoms with Gasteiger partial charge in [0, 0.05) is 20.1 Å². The molecule has 1 aromatic rings. The maximum atomic E-state index is 12.4. The van der Waals surface area contributed by atoms with Gasteiger partial charge >= 0.3 is 0 Å². The van der Waals surface area contributed by atoms with Crippen LogP contribution in [0.1, 0.15) is 18.4 Å². The van der Waals surface area contributed by atoms with E-state index in [1.807, 2.05) is 6.92 Å². The Morgan fingerprint density at radius 3 is 2.38 bits per heavy atom. The predicted molar refractivity (Wildman–Crippen MR) is 82.7 cm³/mol. The van der Waals surface area contributed by atoms with E-state index in [1.54, 1.807) is 24.3 Å². The fourth-order valence-electron chi connectivity index (χ4n) is 2.61. The molecule has 1 aliphatic heterocycles. The molecule has 0 bridgehead atoms. The maximum absolute atomic E-state index is 12.4. The van der Waals surface area contributed by atoms with Crippen LogP contribution in [0.2, 0.25) is 0 Å². The summed E-state index contributed by atoms with van der Waals surface area (Å²) in [5, 5.41) is 10.1. The van der Waals surface area contributed by atoms with E-state index in [1.165, 1.54) is 11.4 Å². The number of β-amino-alcohol motifs (C(OH)–C–C–N with tert-alkyl or cyclic N) is 1. The summed E-state index contributed by atoms with van der Waals surface area (Å²) >= 11 is 0. The summed E-state index contributed by atoms with van der Waals surface area (Å²) in [5.41, 5.74) is 1.02. The first-order chi connectivity index (χ1) is 9.89. The molecule has 0 amide bonds. The second kappa shape index (κ2) is 6.87. The topological polar surface area (TPSA) is 60.9 Å². The van der Waals surface area contributed by atoms with E-state index >= 15 is 0 Å². The smallest absolute Gasteiger partial charge is 0.242 e. The molecule has 0 aromatic heterocycles. The molecule has 1 aliphatic rings. The van der Waals surface area contributed by atoms with E-state index < -0.39 is 16.1 Å². The van der Waals surface area contributed by atoms with E-state index in [4.69, 9.17) is 0 Å². The van der Waals surface area contributed by atoms with E-state index in [9.17, 15) is 13.5 Å². The molecule has 0 spiro atoms. The minimum atomic E-state index is -3.53. The second-order valence-corrected chi connectivity index (χ2v) is 7.81. The fourth-order valence-corrected chi connectivity index (χ4v) is 3.81. The van der Waals surface area contributed by atoms with Crippen molar-refractivity contribution in [3.8, 4) is 0 Å². The highest BCUT2D eigenvalue weighted by Crippen LogP contribution is 2.16. The fraction of sp³-hybridized carbons (Fsp3) is 0.600. The Morgan fingerprint density at radius 2 is 1.81 bits per heavy atom. The Kier molecular flexibility index (Phi) is 5.37. The molecule has 1 aromatic carbocycles. The number of rotatable bonds is 6. The molecular weight excluding hydrogens is 288 g/mol. The first-order valence-corrected chi connectivity index (χ1v) is 8.77. The molecule has 1 heterocycles. The quantitative estimate of drug-likeness (QED) is 0.854. The molecule has 6 heteroatoms. The lowest BCUT2D eigenvalue weighted by atomic mass is 10.2. The zero-order valence-electron chi connectivity index (χ0n) is 12.7. The zero-order chi connectivity index (χ0) is 15.5. The van der Waals surface area contributed by atoms with Crippen molar-refractivity contribution in [1.29, 1.82) is 0 Å². The van der Waals surface area contributed by atoms with Crippen LogP contribution in [0.4, 0.5) is 0 Å². The number of sulfonamides is 1. The van der Waals surface area contributed by atoms with Crippen LogP contribution in [0, 0.1) is 6.92 Å². The molecule has 1 saturated heterocycles. The van der Waals surface area contributed by atoms with Crippen molar-refractivity contribution in [3.63, 3.8) is 0 Å². The Bertz CT molecular complexity index is 551. The van der Waals surface area contributed by atoms with Gasteiger partial charge in [-0.25, -0.2) is 8.42 Å². The van der Waals surface area contributed by atoms with Crippen molar-refractivity contribution in [2.45, 2.75) is 30.8 Å². The third kappa shape index (κ3) is 4.26. The molecule has 21 heavy (non-hydrogen) atoms. The van der Waals surface area contributed by atoms with Gasteiger partial charge in [0.05, 0.1) is 11.0 Å². The van der Waals surface area contributed by atoms with Gasteiger partial charge in [-0.3, -0.25) is 0 Å². The number of likely N-dealkylation sites (tertiary alicyclic amines) is 1. The SMILES string of the molecule is Cc1ccc(S(=O)(=O)N(C)C[C@@H](O)CN2CCCC2)cc1. The largest absolute Gasteiger partial charge is 0.390 e. The third-order valence-electron chi connectivity index (χ3n) is 3.86. The number of aliphatic hydroxyl groups excluding tert-OH is 1. The summed E-state index contributed by atoms with van der Waals surface area (Å²) in [7, 11) is -2.01. The third-order valence-corrected chi connectivity index (χ3v) is 5.70. The van der Waals surface area contributed by atoms with Crippen molar-refractivity contribution in [3.05, 3.63) is 29.8 Å². The monoisotopic (exact) mass is 312 g/mol. The molecule has 2 rings (SSSR count).